The molecule has 1 aliphatic heterocycles. The molecule has 1 N–H and O–H groups in total. The number of nitrogens with one attached hydrogen (secondary N) is 1. The van der Waals surface area contributed by atoms with Crippen LogP contribution in [0.25, 0.3) is 0 Å². The number of piperidine rings is 1. The van der Waals surface area contributed by atoms with Gasteiger partial charge in [-0.25, -0.2) is 8.42 Å². The number of halogens is 2. The van der Waals surface area contributed by atoms with Crippen LogP contribution in [0.2, 0.25) is 0 Å². The molecule has 0 bridgehead atoms. The largest absolute Gasteiger partial charge is 0.279 e. The van der Waals surface area contributed by atoms with Gasteiger partial charge in [-0.3, -0.25) is 5.32 Å². The van der Waals surface area contributed by atoms with Gasteiger partial charge in [0.05, 0.1) is 4.90 Å². The van der Waals surface area contributed by atoms with Crippen LogP contribution in [0.15, 0.2) is 33.6 Å². The summed E-state index contributed by atoms with van der Waals surface area (Å²) in [4.78, 5) is 0.587. The van der Waals surface area contributed by atoms with E-state index in [1.807, 2.05) is 0 Å². The minimum atomic E-state index is -3.57. The fraction of sp³-hybridized carbons (Fsp3) is 0.364. The lowest BCUT2D eigenvalue weighted by Gasteiger charge is -2.09. The van der Waals surface area contributed by atoms with Crippen molar-refractivity contribution in [3.8, 4) is 0 Å². The first-order chi connectivity index (χ1) is 9.30. The topological polar surface area (TPSA) is 80.3 Å². The molecule has 0 radical (unpaired) electrons. The van der Waals surface area contributed by atoms with E-state index in [0.29, 0.717) is 11.4 Å². The molecule has 1 fully saturated rings. The van der Waals surface area contributed by atoms with E-state index in [0.717, 1.165) is 23.9 Å². The van der Waals surface area contributed by atoms with E-state index in [-0.39, 0.29) is 4.90 Å². The highest BCUT2D eigenvalue weighted by Crippen LogP contribution is 2.17. The first kappa shape index (κ1) is 17.6. The zero-order chi connectivity index (χ0) is 15.2. The molecule has 1 heterocycles. The Morgan fingerprint density at radius 1 is 1.15 bits per heavy atom. The lowest BCUT2D eigenvalue weighted by molar-refractivity contribution is 0.609. The van der Waals surface area contributed by atoms with E-state index >= 15 is 0 Å². The highest BCUT2D eigenvalue weighted by atomic mass is 79.9. The van der Waals surface area contributed by atoms with Gasteiger partial charge >= 0.3 is 0 Å². The fourth-order valence-electron chi connectivity index (χ4n) is 1.47. The lowest BCUT2D eigenvalue weighted by atomic mass is 10.2. The molecule has 1 saturated heterocycles. The molecule has 0 amide bonds. The molecule has 112 valence electrons. The van der Waals surface area contributed by atoms with Crippen LogP contribution in [0.3, 0.4) is 0 Å². The lowest BCUT2D eigenvalue weighted by Crippen LogP contribution is -2.29. The standard InChI is InChI=1S/C6H4BrClO2S.C5H9NO2S/c7-5-1-3-6(4-2-5)11(8,9)10;7-9(8)5-3-1-2-4-6-5/h1-4H;6H,1-4H2. The molecule has 9 heteroatoms. The Hall–Kier alpha value is -0.410. The molecule has 1 aliphatic rings. The van der Waals surface area contributed by atoms with Crippen molar-refractivity contribution in [3.63, 3.8) is 0 Å². The first-order valence-electron chi connectivity index (χ1n) is 5.70. The second-order valence-corrected chi connectivity index (χ2v) is 8.38. The Balaban J connectivity index is 0.000000204. The summed E-state index contributed by atoms with van der Waals surface area (Å²) in [5.74, 6) is 0. The van der Waals surface area contributed by atoms with Crippen molar-refractivity contribution >= 4 is 50.9 Å². The third-order valence-electron chi connectivity index (χ3n) is 2.45. The van der Waals surface area contributed by atoms with E-state index in [9.17, 15) is 16.8 Å². The molecule has 0 saturated carbocycles. The molecule has 20 heavy (non-hydrogen) atoms. The maximum Gasteiger partial charge on any atom is 0.261 e. The van der Waals surface area contributed by atoms with E-state index in [1.165, 1.54) is 12.1 Å². The zero-order valence-corrected chi connectivity index (χ0v) is 14.3. The van der Waals surface area contributed by atoms with Gasteiger partial charge in [-0.1, -0.05) is 15.9 Å². The van der Waals surface area contributed by atoms with Crippen molar-refractivity contribution in [1.82, 2.24) is 5.32 Å². The van der Waals surface area contributed by atoms with Gasteiger partial charge in [0.25, 0.3) is 9.05 Å². The average molecular weight is 403 g/mol. The molecule has 5 nitrogen and oxygen atoms in total. The number of hydrogen-bond acceptors (Lipinski definition) is 4. The molecule has 0 atom stereocenters. The summed E-state index contributed by atoms with van der Waals surface area (Å²) in [6, 6.07) is 6.11. The molecule has 0 aromatic heterocycles. The maximum atomic E-state index is 10.7. The van der Waals surface area contributed by atoms with Crippen molar-refractivity contribution in [2.24, 2.45) is 0 Å². The van der Waals surface area contributed by atoms with Crippen LogP contribution >= 0.6 is 26.6 Å². The highest BCUT2D eigenvalue weighted by Gasteiger charge is 2.07. The number of hydrogen-bond donors (Lipinski definition) is 1. The predicted octanol–water partition coefficient (Wildman–Crippen LogP) is 2.15. The minimum absolute atomic E-state index is 0.113. The minimum Gasteiger partial charge on any atom is -0.279 e. The third kappa shape index (κ3) is 6.36. The highest BCUT2D eigenvalue weighted by molar-refractivity contribution is 9.10. The average Bonchev–Trinajstić information content (AvgIpc) is 2.40. The Morgan fingerprint density at radius 2 is 1.75 bits per heavy atom. The van der Waals surface area contributed by atoms with Crippen LogP contribution in [0.1, 0.15) is 19.3 Å². The van der Waals surface area contributed by atoms with E-state index < -0.39 is 19.3 Å². The first-order valence-corrected chi connectivity index (χ1v) is 9.87. The van der Waals surface area contributed by atoms with Crippen LogP contribution in [-0.2, 0) is 19.3 Å². The molecular weight excluding hydrogens is 390 g/mol. The molecule has 1 aromatic rings. The molecular formula is C11H13BrClNO4S2. The number of rotatable bonds is 1. The van der Waals surface area contributed by atoms with Crippen LogP contribution < -0.4 is 5.32 Å². The predicted molar refractivity (Wildman–Crippen MR) is 83.0 cm³/mol. The van der Waals surface area contributed by atoms with Crippen molar-refractivity contribution in [3.05, 3.63) is 28.7 Å². The van der Waals surface area contributed by atoms with Crippen LogP contribution in [0, 0.1) is 0 Å². The molecule has 0 spiro atoms. The van der Waals surface area contributed by atoms with Gasteiger partial charge < -0.3 is 0 Å². The quantitative estimate of drug-likeness (QED) is 0.575. The summed E-state index contributed by atoms with van der Waals surface area (Å²) in [7, 11) is -0.497. The van der Waals surface area contributed by atoms with Crippen LogP contribution in [-0.4, -0.2) is 28.4 Å². The molecule has 2 rings (SSSR count). The van der Waals surface area contributed by atoms with E-state index in [4.69, 9.17) is 10.7 Å². The third-order valence-corrected chi connectivity index (χ3v) is 5.10. The summed E-state index contributed by atoms with van der Waals surface area (Å²) in [5, 5.41) is 2.82. The van der Waals surface area contributed by atoms with Crippen LogP contribution in [0.5, 0.6) is 0 Å². The normalized spacial score (nSPS) is 15.2. The Labute approximate surface area is 132 Å². The summed E-state index contributed by atoms with van der Waals surface area (Å²) in [6.45, 7) is 0.809. The van der Waals surface area contributed by atoms with Gasteiger partial charge in [0, 0.05) is 21.7 Å². The van der Waals surface area contributed by atoms with E-state index in [1.54, 1.807) is 12.1 Å². The zero-order valence-electron chi connectivity index (χ0n) is 10.3. The van der Waals surface area contributed by atoms with Crippen molar-refractivity contribution in [1.29, 1.82) is 0 Å². The Morgan fingerprint density at radius 3 is 2.10 bits per heavy atom. The van der Waals surface area contributed by atoms with E-state index in [2.05, 4.69) is 21.2 Å². The van der Waals surface area contributed by atoms with Gasteiger partial charge in [-0.2, -0.15) is 8.42 Å². The van der Waals surface area contributed by atoms with Gasteiger partial charge in [0.15, 0.2) is 0 Å². The Bertz CT molecular complexity index is 668. The van der Waals surface area contributed by atoms with Gasteiger partial charge in [-0.05, 0) is 43.5 Å². The van der Waals surface area contributed by atoms with Crippen molar-refractivity contribution in [2.75, 3.05) is 6.54 Å². The molecule has 1 aromatic carbocycles. The van der Waals surface area contributed by atoms with Crippen LogP contribution in [0.4, 0.5) is 0 Å². The summed E-state index contributed by atoms with van der Waals surface area (Å²) in [5.41, 5.74) is 0. The SMILES string of the molecule is O=S(=O)(Cl)c1ccc(Br)cc1.O=S(=O)=C1CCCCN1. The smallest absolute Gasteiger partial charge is 0.261 e. The van der Waals surface area contributed by atoms with Gasteiger partial charge in [0.2, 0.25) is 10.3 Å². The summed E-state index contributed by atoms with van der Waals surface area (Å²) >= 11 is 3.17. The maximum absolute atomic E-state index is 10.7. The van der Waals surface area contributed by atoms with Gasteiger partial charge in [0.1, 0.15) is 4.99 Å². The second-order valence-electron chi connectivity index (χ2n) is 3.93. The Kier molecular flexibility index (Phi) is 7.18. The fourth-order valence-corrected chi connectivity index (χ4v) is 3.03. The second kappa shape index (κ2) is 8.14. The molecule has 0 unspecified atom stereocenters. The van der Waals surface area contributed by atoms with Gasteiger partial charge in [-0.15, -0.1) is 0 Å². The monoisotopic (exact) mass is 401 g/mol. The number of benzene rings is 1. The molecule has 0 aliphatic carbocycles. The summed E-state index contributed by atoms with van der Waals surface area (Å²) < 4.78 is 42.7. The summed E-state index contributed by atoms with van der Waals surface area (Å²) in [6.07, 6.45) is 2.77. The van der Waals surface area contributed by atoms with Crippen molar-refractivity contribution < 1.29 is 16.8 Å². The van der Waals surface area contributed by atoms with Crippen molar-refractivity contribution in [2.45, 2.75) is 24.2 Å².